The van der Waals surface area contributed by atoms with Crippen molar-refractivity contribution in [1.29, 1.82) is 0 Å². The SMILES string of the molecule is CN([N+](=O)NOC1CCC(C)(C)CC1)C(C)(C)C. The minimum atomic E-state index is -0.229. The van der Waals surface area contributed by atoms with Gasteiger partial charge in [-0.15, -0.1) is 5.01 Å². The fraction of sp³-hybridized carbons (Fsp3) is 1.00. The van der Waals surface area contributed by atoms with Crippen molar-refractivity contribution in [2.24, 2.45) is 5.41 Å². The lowest BCUT2D eigenvalue weighted by atomic mass is 9.76. The van der Waals surface area contributed by atoms with E-state index in [1.807, 2.05) is 20.8 Å². The van der Waals surface area contributed by atoms with E-state index in [9.17, 15) is 4.91 Å². The van der Waals surface area contributed by atoms with Crippen LogP contribution in [-0.2, 0) is 4.84 Å². The molecule has 0 heterocycles. The molecule has 1 rings (SSSR count). The van der Waals surface area contributed by atoms with Crippen LogP contribution in [0.4, 0.5) is 0 Å². The number of nitrogens with zero attached hydrogens (tertiary/aromatic N) is 2. The van der Waals surface area contributed by atoms with Gasteiger partial charge >= 0.3 is 0 Å². The van der Waals surface area contributed by atoms with Gasteiger partial charge in [-0.1, -0.05) is 13.8 Å². The van der Waals surface area contributed by atoms with Crippen molar-refractivity contribution in [3.63, 3.8) is 0 Å². The van der Waals surface area contributed by atoms with Gasteiger partial charge in [-0.2, -0.15) is 0 Å². The Balaban J connectivity index is 2.32. The third-order valence-corrected chi connectivity index (χ3v) is 3.83. The van der Waals surface area contributed by atoms with Gasteiger partial charge < -0.3 is 0 Å². The lowest BCUT2D eigenvalue weighted by Crippen LogP contribution is -2.50. The van der Waals surface area contributed by atoms with Crippen LogP contribution in [0.3, 0.4) is 0 Å². The van der Waals surface area contributed by atoms with Crippen LogP contribution in [0.2, 0.25) is 0 Å². The molecule has 5 nitrogen and oxygen atoms in total. The third kappa shape index (κ3) is 4.44. The largest absolute Gasteiger partial charge is 0.274 e. The molecule has 0 bridgehead atoms. The first kappa shape index (κ1) is 15.2. The Labute approximate surface area is 110 Å². The van der Waals surface area contributed by atoms with E-state index < -0.39 is 0 Å². The molecular weight excluding hydrogens is 230 g/mol. The summed E-state index contributed by atoms with van der Waals surface area (Å²) in [5, 5.41) is 1.57. The van der Waals surface area contributed by atoms with Crippen molar-refractivity contribution in [3.8, 4) is 0 Å². The highest BCUT2D eigenvalue weighted by atomic mass is 16.7. The van der Waals surface area contributed by atoms with Crippen LogP contribution in [0.5, 0.6) is 0 Å². The molecule has 0 radical (unpaired) electrons. The van der Waals surface area contributed by atoms with E-state index in [2.05, 4.69) is 19.4 Å². The molecule has 0 aliphatic heterocycles. The Kier molecular flexibility index (Phi) is 4.59. The standard InChI is InChI=1S/C13H28N3O2/c1-12(2,3)15(6)16(17)14-18-11-7-9-13(4,5)10-8-11/h11H,7-10H2,1-6H3,(H,14,17)/q+1. The second-order valence-electron chi connectivity index (χ2n) is 7.04. The first-order valence-electron chi connectivity index (χ1n) is 6.74. The molecule has 18 heavy (non-hydrogen) atoms. The average Bonchev–Trinajstić information content (AvgIpc) is 2.25. The zero-order chi connectivity index (χ0) is 14.0. The molecule has 5 heteroatoms. The van der Waals surface area contributed by atoms with Gasteiger partial charge in [0.25, 0.3) is 4.98 Å². The molecular formula is C13H28N3O2+. The minimum absolute atomic E-state index is 0.142. The van der Waals surface area contributed by atoms with Crippen molar-refractivity contribution in [2.75, 3.05) is 7.05 Å². The van der Waals surface area contributed by atoms with Gasteiger partial charge in [-0.05, 0) is 51.9 Å². The number of hydrazine groups is 2. The monoisotopic (exact) mass is 258 g/mol. The van der Waals surface area contributed by atoms with Crippen molar-refractivity contribution in [3.05, 3.63) is 4.91 Å². The van der Waals surface area contributed by atoms with Crippen LogP contribution in [0.25, 0.3) is 0 Å². The molecule has 1 fully saturated rings. The van der Waals surface area contributed by atoms with Crippen LogP contribution < -0.4 is 5.59 Å². The lowest BCUT2D eigenvalue weighted by molar-refractivity contribution is -0.797. The molecule has 0 amide bonds. The van der Waals surface area contributed by atoms with Crippen molar-refractivity contribution in [1.82, 2.24) is 10.6 Å². The summed E-state index contributed by atoms with van der Waals surface area (Å²) in [6, 6.07) is 0. The van der Waals surface area contributed by atoms with E-state index >= 15 is 0 Å². The van der Waals surface area contributed by atoms with E-state index in [1.54, 1.807) is 12.1 Å². The Bertz CT molecular complexity index is 287. The Hall–Kier alpha value is -0.840. The Morgan fingerprint density at radius 3 is 2.22 bits per heavy atom. The van der Waals surface area contributed by atoms with Crippen LogP contribution in [0.1, 0.15) is 60.3 Å². The van der Waals surface area contributed by atoms with Crippen molar-refractivity contribution < 1.29 is 9.82 Å². The fourth-order valence-electron chi connectivity index (χ4n) is 1.94. The maximum atomic E-state index is 11.8. The first-order chi connectivity index (χ1) is 8.12. The predicted octanol–water partition coefficient (Wildman–Crippen LogP) is 2.82. The molecule has 0 aromatic rings. The number of nitrogens with one attached hydrogen (secondary N) is 1. The second-order valence-corrected chi connectivity index (χ2v) is 7.04. The zero-order valence-corrected chi connectivity index (χ0v) is 12.6. The van der Waals surface area contributed by atoms with Gasteiger partial charge in [0.05, 0.1) is 23.6 Å². The zero-order valence-electron chi connectivity index (χ0n) is 12.6. The van der Waals surface area contributed by atoms with Gasteiger partial charge in [0.1, 0.15) is 0 Å². The summed E-state index contributed by atoms with van der Waals surface area (Å²) < 4.78 is 0. The molecule has 0 unspecified atom stereocenters. The smallest absolute Gasteiger partial charge is 0.219 e. The summed E-state index contributed by atoms with van der Waals surface area (Å²) in [5.74, 6) is 0. The van der Waals surface area contributed by atoms with Gasteiger partial charge in [0, 0.05) is 5.59 Å². The summed E-state index contributed by atoms with van der Waals surface area (Å²) in [7, 11) is 1.74. The summed E-state index contributed by atoms with van der Waals surface area (Å²) in [6.07, 6.45) is 4.45. The normalized spacial score (nSPS) is 20.6. The van der Waals surface area contributed by atoms with Gasteiger partial charge in [-0.25, -0.2) is 4.84 Å². The molecule has 1 aliphatic rings. The number of nitroso groups, excluding NO2 is 1. The molecule has 1 aliphatic carbocycles. The van der Waals surface area contributed by atoms with Crippen molar-refractivity contribution >= 4 is 0 Å². The molecule has 1 saturated carbocycles. The highest BCUT2D eigenvalue weighted by Crippen LogP contribution is 2.35. The molecule has 0 aromatic heterocycles. The minimum Gasteiger partial charge on any atom is -0.219 e. The number of hydrogen-bond donors (Lipinski definition) is 1. The molecule has 0 spiro atoms. The fourth-order valence-corrected chi connectivity index (χ4v) is 1.94. The molecule has 0 atom stereocenters. The summed E-state index contributed by atoms with van der Waals surface area (Å²) >= 11 is 0. The van der Waals surface area contributed by atoms with Gasteiger partial charge in [-0.3, -0.25) is 0 Å². The van der Waals surface area contributed by atoms with E-state index in [4.69, 9.17) is 4.84 Å². The van der Waals surface area contributed by atoms with Crippen LogP contribution in [0.15, 0.2) is 0 Å². The maximum absolute atomic E-state index is 11.8. The van der Waals surface area contributed by atoms with E-state index in [0.29, 0.717) is 10.4 Å². The highest BCUT2D eigenvalue weighted by Gasteiger charge is 2.32. The average molecular weight is 258 g/mol. The highest BCUT2D eigenvalue weighted by molar-refractivity contribution is 4.78. The lowest BCUT2D eigenvalue weighted by Gasteiger charge is -2.33. The molecule has 0 saturated heterocycles. The van der Waals surface area contributed by atoms with Crippen LogP contribution in [-0.4, -0.2) is 28.7 Å². The van der Waals surface area contributed by atoms with Crippen molar-refractivity contribution in [2.45, 2.75) is 71.9 Å². The summed E-state index contributed by atoms with van der Waals surface area (Å²) in [6.45, 7) is 10.5. The Morgan fingerprint density at radius 2 is 1.78 bits per heavy atom. The van der Waals surface area contributed by atoms with Gasteiger partial charge in [0.2, 0.25) is 0 Å². The topological polar surface area (TPSA) is 44.6 Å². The van der Waals surface area contributed by atoms with E-state index in [-0.39, 0.29) is 11.6 Å². The van der Waals surface area contributed by atoms with E-state index in [0.717, 1.165) is 25.7 Å². The first-order valence-corrected chi connectivity index (χ1v) is 6.74. The molecule has 1 N–H and O–H groups in total. The quantitative estimate of drug-likeness (QED) is 0.622. The number of rotatable bonds is 4. The molecule has 0 aromatic carbocycles. The Morgan fingerprint density at radius 1 is 1.28 bits per heavy atom. The second kappa shape index (κ2) is 5.43. The third-order valence-electron chi connectivity index (χ3n) is 3.83. The van der Waals surface area contributed by atoms with E-state index in [1.165, 1.54) is 0 Å². The summed E-state index contributed by atoms with van der Waals surface area (Å²) in [4.78, 5) is 17.9. The number of hydrogen-bond acceptors (Lipinski definition) is 2. The molecule has 106 valence electrons. The summed E-state index contributed by atoms with van der Waals surface area (Å²) in [5.41, 5.74) is 2.68. The van der Waals surface area contributed by atoms with Crippen LogP contribution in [0, 0.1) is 10.3 Å². The predicted molar refractivity (Wildman–Crippen MR) is 71.4 cm³/mol. The van der Waals surface area contributed by atoms with Crippen LogP contribution >= 0.6 is 0 Å². The maximum Gasteiger partial charge on any atom is 0.274 e. The van der Waals surface area contributed by atoms with Gasteiger partial charge in [0.15, 0.2) is 0 Å².